The van der Waals surface area contributed by atoms with Gasteiger partial charge in [0.2, 0.25) is 0 Å². The Labute approximate surface area is 142 Å². The lowest BCUT2D eigenvalue weighted by Gasteiger charge is -2.45. The van der Waals surface area contributed by atoms with Gasteiger partial charge in [0.1, 0.15) is 0 Å². The zero-order valence-electron chi connectivity index (χ0n) is 12.0. The van der Waals surface area contributed by atoms with Crippen molar-refractivity contribution in [2.75, 3.05) is 0 Å². The number of aliphatic hydroxyl groups excluding tert-OH is 1. The highest BCUT2D eigenvalue weighted by Gasteiger charge is 2.65. The second-order valence-electron chi connectivity index (χ2n) is 6.65. The Kier molecular flexibility index (Phi) is 3.16. The van der Waals surface area contributed by atoms with E-state index in [9.17, 15) is 9.90 Å². The SMILES string of the molecule is O=C1NC(=S)NC12c1cc(Br)ccc1CC21CCC(O)CC1. The van der Waals surface area contributed by atoms with E-state index in [-0.39, 0.29) is 17.4 Å². The molecular formula is C16H17BrN2O2S. The summed E-state index contributed by atoms with van der Waals surface area (Å²) in [4.78, 5) is 12.9. The average molecular weight is 381 g/mol. The van der Waals surface area contributed by atoms with Crippen LogP contribution in [0, 0.1) is 5.41 Å². The predicted molar refractivity (Wildman–Crippen MR) is 90.3 cm³/mol. The van der Waals surface area contributed by atoms with Crippen LogP contribution in [-0.4, -0.2) is 22.2 Å². The molecule has 4 rings (SSSR count). The molecule has 2 spiro atoms. The molecule has 6 heteroatoms. The molecule has 1 saturated heterocycles. The van der Waals surface area contributed by atoms with Gasteiger partial charge >= 0.3 is 0 Å². The number of rotatable bonds is 0. The first-order valence-electron chi connectivity index (χ1n) is 7.57. The lowest BCUT2D eigenvalue weighted by atomic mass is 9.61. The second kappa shape index (κ2) is 4.76. The van der Waals surface area contributed by atoms with E-state index in [0.717, 1.165) is 42.1 Å². The molecule has 22 heavy (non-hydrogen) atoms. The van der Waals surface area contributed by atoms with E-state index in [1.165, 1.54) is 5.56 Å². The van der Waals surface area contributed by atoms with E-state index < -0.39 is 5.54 Å². The van der Waals surface area contributed by atoms with E-state index in [2.05, 4.69) is 32.6 Å². The lowest BCUT2D eigenvalue weighted by molar-refractivity contribution is -0.131. The topological polar surface area (TPSA) is 61.4 Å². The summed E-state index contributed by atoms with van der Waals surface area (Å²) >= 11 is 8.76. The number of aliphatic hydroxyl groups is 1. The first-order valence-corrected chi connectivity index (χ1v) is 8.78. The van der Waals surface area contributed by atoms with Gasteiger partial charge in [-0.3, -0.25) is 4.79 Å². The molecule has 2 fully saturated rings. The van der Waals surface area contributed by atoms with Crippen molar-refractivity contribution in [1.29, 1.82) is 0 Å². The highest BCUT2D eigenvalue weighted by Crippen LogP contribution is 2.58. The van der Waals surface area contributed by atoms with Crippen LogP contribution >= 0.6 is 28.1 Å². The van der Waals surface area contributed by atoms with Crippen molar-refractivity contribution in [1.82, 2.24) is 10.6 Å². The Morgan fingerprint density at radius 2 is 2.05 bits per heavy atom. The van der Waals surface area contributed by atoms with Gasteiger partial charge in [-0.15, -0.1) is 0 Å². The number of nitrogens with one attached hydrogen (secondary N) is 2. The van der Waals surface area contributed by atoms with Gasteiger partial charge in [0.05, 0.1) is 6.10 Å². The number of thiocarbonyl (C=S) groups is 1. The molecule has 1 atom stereocenters. The van der Waals surface area contributed by atoms with Crippen LogP contribution in [0.25, 0.3) is 0 Å². The number of halogens is 1. The summed E-state index contributed by atoms with van der Waals surface area (Å²) in [5.41, 5.74) is 1.23. The minimum absolute atomic E-state index is 0.0502. The Bertz CT molecular complexity index is 685. The second-order valence-corrected chi connectivity index (χ2v) is 7.97. The molecule has 3 aliphatic rings. The molecule has 0 aromatic heterocycles. The lowest BCUT2D eigenvalue weighted by Crippen LogP contribution is -2.56. The summed E-state index contributed by atoms with van der Waals surface area (Å²) < 4.78 is 0.964. The number of fused-ring (bicyclic) bond motifs is 3. The van der Waals surface area contributed by atoms with Gasteiger partial charge in [0.15, 0.2) is 10.7 Å². The Morgan fingerprint density at radius 1 is 1.32 bits per heavy atom. The van der Waals surface area contributed by atoms with Crippen LogP contribution in [0.1, 0.15) is 36.8 Å². The van der Waals surface area contributed by atoms with Crippen LogP contribution in [0.4, 0.5) is 0 Å². The maximum absolute atomic E-state index is 12.9. The highest BCUT2D eigenvalue weighted by molar-refractivity contribution is 9.10. The summed E-state index contributed by atoms with van der Waals surface area (Å²) in [6, 6.07) is 6.15. The van der Waals surface area contributed by atoms with Gasteiger partial charge in [0.25, 0.3) is 5.91 Å². The molecule has 1 aromatic rings. The van der Waals surface area contributed by atoms with E-state index in [0.29, 0.717) is 5.11 Å². The minimum Gasteiger partial charge on any atom is -0.393 e. The number of benzene rings is 1. The van der Waals surface area contributed by atoms with Gasteiger partial charge in [0, 0.05) is 9.89 Å². The zero-order valence-corrected chi connectivity index (χ0v) is 14.4. The van der Waals surface area contributed by atoms with Crippen LogP contribution in [0.15, 0.2) is 22.7 Å². The maximum atomic E-state index is 12.9. The van der Waals surface area contributed by atoms with Gasteiger partial charge in [-0.1, -0.05) is 22.0 Å². The van der Waals surface area contributed by atoms with E-state index in [1.807, 2.05) is 12.1 Å². The number of carbonyl (C=O) groups excluding carboxylic acids is 1. The molecule has 1 aromatic carbocycles. The van der Waals surface area contributed by atoms with Crippen molar-refractivity contribution < 1.29 is 9.90 Å². The van der Waals surface area contributed by atoms with Crippen LogP contribution in [0.5, 0.6) is 0 Å². The quantitative estimate of drug-likeness (QED) is 0.603. The monoisotopic (exact) mass is 380 g/mol. The molecule has 0 radical (unpaired) electrons. The molecule has 1 heterocycles. The Morgan fingerprint density at radius 3 is 2.68 bits per heavy atom. The summed E-state index contributed by atoms with van der Waals surface area (Å²) in [5.74, 6) is -0.0502. The zero-order chi connectivity index (χ0) is 15.5. The minimum atomic E-state index is -0.788. The molecule has 1 amide bonds. The van der Waals surface area contributed by atoms with Crippen molar-refractivity contribution in [3.05, 3.63) is 33.8 Å². The van der Waals surface area contributed by atoms with Crippen LogP contribution < -0.4 is 10.6 Å². The van der Waals surface area contributed by atoms with Crippen molar-refractivity contribution in [3.8, 4) is 0 Å². The standard InChI is InChI=1S/C16H17BrN2O2S/c17-10-2-1-9-8-15(5-3-11(20)4-6-15)16(12(9)7-10)13(21)18-14(22)19-16/h1-2,7,11,20H,3-6,8H2,(H2,18,19,21,22). The highest BCUT2D eigenvalue weighted by atomic mass is 79.9. The van der Waals surface area contributed by atoms with Crippen LogP contribution in [0.3, 0.4) is 0 Å². The molecule has 1 unspecified atom stereocenters. The van der Waals surface area contributed by atoms with E-state index in [4.69, 9.17) is 12.2 Å². The molecule has 4 nitrogen and oxygen atoms in total. The third-order valence-corrected chi connectivity index (χ3v) is 6.28. The molecule has 0 bridgehead atoms. The van der Waals surface area contributed by atoms with Crippen molar-refractivity contribution in [3.63, 3.8) is 0 Å². The van der Waals surface area contributed by atoms with Gasteiger partial charge in [-0.25, -0.2) is 0 Å². The predicted octanol–water partition coefficient (Wildman–Crippen LogP) is 2.13. The normalized spacial score (nSPS) is 36.5. The van der Waals surface area contributed by atoms with E-state index in [1.54, 1.807) is 0 Å². The molecule has 1 saturated carbocycles. The third-order valence-electron chi connectivity index (χ3n) is 5.58. The largest absolute Gasteiger partial charge is 0.393 e. The van der Waals surface area contributed by atoms with Crippen LogP contribution in [-0.2, 0) is 16.8 Å². The molecule has 2 aliphatic carbocycles. The fourth-order valence-electron chi connectivity index (χ4n) is 4.56. The number of hydrogen-bond donors (Lipinski definition) is 3. The molecule has 3 N–H and O–H groups in total. The first kappa shape index (κ1) is 14.6. The summed E-state index contributed by atoms with van der Waals surface area (Å²) in [5, 5.41) is 16.4. The fraction of sp³-hybridized carbons (Fsp3) is 0.500. The molecule has 116 valence electrons. The maximum Gasteiger partial charge on any atom is 0.257 e. The summed E-state index contributed by atoms with van der Waals surface area (Å²) in [6.45, 7) is 0. The van der Waals surface area contributed by atoms with Crippen molar-refractivity contribution in [2.45, 2.75) is 43.7 Å². The third kappa shape index (κ3) is 1.77. The Hall–Kier alpha value is -0.980. The van der Waals surface area contributed by atoms with Crippen molar-refractivity contribution >= 4 is 39.2 Å². The van der Waals surface area contributed by atoms with E-state index >= 15 is 0 Å². The van der Waals surface area contributed by atoms with Crippen molar-refractivity contribution in [2.24, 2.45) is 5.41 Å². The fourth-order valence-corrected chi connectivity index (χ4v) is 5.17. The number of hydrogen-bond acceptors (Lipinski definition) is 3. The number of amides is 1. The first-order chi connectivity index (χ1) is 10.5. The molecule has 1 aliphatic heterocycles. The van der Waals surface area contributed by atoms with Crippen LogP contribution in [0.2, 0.25) is 0 Å². The average Bonchev–Trinajstić information content (AvgIpc) is 2.92. The van der Waals surface area contributed by atoms with Gasteiger partial charge in [-0.05, 0) is 67.6 Å². The smallest absolute Gasteiger partial charge is 0.257 e. The summed E-state index contributed by atoms with van der Waals surface area (Å²) in [7, 11) is 0. The summed E-state index contributed by atoms with van der Waals surface area (Å²) in [6.07, 6.45) is 3.71. The Balaban J connectivity index is 1.91. The number of carbonyl (C=O) groups is 1. The van der Waals surface area contributed by atoms with Gasteiger partial charge in [-0.2, -0.15) is 0 Å². The van der Waals surface area contributed by atoms with Gasteiger partial charge < -0.3 is 15.7 Å². The molecular weight excluding hydrogens is 364 g/mol.